The van der Waals surface area contributed by atoms with Crippen LogP contribution in [0.5, 0.6) is 0 Å². The zero-order valence-corrected chi connectivity index (χ0v) is 18.3. The third kappa shape index (κ3) is 4.47. The molecule has 0 radical (unpaired) electrons. The minimum atomic E-state index is -0.394. The number of hydrogen-bond acceptors (Lipinski definition) is 7. The molecule has 0 aliphatic heterocycles. The Hall–Kier alpha value is -3.72. The second kappa shape index (κ2) is 9.61. The maximum absolute atomic E-state index is 12.4. The highest BCUT2D eigenvalue weighted by atomic mass is 32.2. The van der Waals surface area contributed by atoms with Crippen LogP contribution >= 0.6 is 11.8 Å². The molecule has 0 bridgehead atoms. The number of aromatic nitrogens is 4. The van der Waals surface area contributed by atoms with E-state index in [1.807, 2.05) is 34.9 Å². The Morgan fingerprint density at radius 2 is 1.94 bits per heavy atom. The number of carbonyl (C=O) groups is 2. The lowest BCUT2D eigenvalue weighted by Gasteiger charge is -2.06. The largest absolute Gasteiger partial charge is 0.462 e. The first kappa shape index (κ1) is 21.5. The van der Waals surface area contributed by atoms with Gasteiger partial charge in [0.05, 0.1) is 23.4 Å². The first-order chi connectivity index (χ1) is 15.6. The van der Waals surface area contributed by atoms with Crippen LogP contribution in [0, 0.1) is 0 Å². The molecule has 0 aliphatic rings. The molecule has 2 aromatic carbocycles. The highest BCUT2D eigenvalue weighted by Gasteiger charge is 2.15. The van der Waals surface area contributed by atoms with Crippen LogP contribution in [0.4, 0.5) is 5.69 Å². The number of allylic oxidation sites excluding steroid dienone is 1. The van der Waals surface area contributed by atoms with E-state index in [2.05, 4.69) is 27.1 Å². The summed E-state index contributed by atoms with van der Waals surface area (Å²) < 4.78 is 6.98. The number of nitrogens with one attached hydrogen (secondary N) is 1. The molecule has 0 unspecified atom stereocenters. The van der Waals surface area contributed by atoms with Crippen molar-refractivity contribution < 1.29 is 14.3 Å². The van der Waals surface area contributed by atoms with Crippen LogP contribution in [0.2, 0.25) is 0 Å². The van der Waals surface area contributed by atoms with E-state index >= 15 is 0 Å². The molecule has 162 valence electrons. The molecule has 8 nitrogen and oxygen atoms in total. The normalized spacial score (nSPS) is 10.9. The van der Waals surface area contributed by atoms with E-state index in [1.54, 1.807) is 31.2 Å². The van der Waals surface area contributed by atoms with Crippen molar-refractivity contribution in [3.8, 4) is 0 Å². The van der Waals surface area contributed by atoms with E-state index in [1.165, 1.54) is 11.8 Å². The highest BCUT2D eigenvalue weighted by Crippen LogP contribution is 2.27. The molecule has 1 amide bonds. The van der Waals surface area contributed by atoms with Gasteiger partial charge in [0.1, 0.15) is 5.52 Å². The van der Waals surface area contributed by atoms with Gasteiger partial charge in [-0.05, 0) is 37.3 Å². The first-order valence-electron chi connectivity index (χ1n) is 10.0. The second-order valence-electron chi connectivity index (χ2n) is 6.82. The van der Waals surface area contributed by atoms with E-state index in [0.29, 0.717) is 35.2 Å². The van der Waals surface area contributed by atoms with Crippen LogP contribution in [-0.4, -0.2) is 44.0 Å². The Morgan fingerprint density at radius 3 is 2.69 bits per heavy atom. The molecule has 2 heterocycles. The molecule has 2 aromatic heterocycles. The Bertz CT molecular complexity index is 1300. The number of esters is 1. The number of ether oxygens (including phenoxy) is 1. The number of hydrogen-bond donors (Lipinski definition) is 1. The van der Waals surface area contributed by atoms with Crippen LogP contribution in [0.25, 0.3) is 22.1 Å². The molecule has 0 saturated carbocycles. The van der Waals surface area contributed by atoms with Crippen molar-refractivity contribution in [2.24, 2.45) is 0 Å². The third-order valence-electron chi connectivity index (χ3n) is 4.68. The predicted octanol–water partition coefficient (Wildman–Crippen LogP) is 4.07. The van der Waals surface area contributed by atoms with Crippen LogP contribution in [0.1, 0.15) is 17.3 Å². The SMILES string of the molecule is C=CCn1c2ccccc2c2nnc(SCC(=O)Nc3ccc(C(=O)OCC)cc3)nc21. The molecule has 4 rings (SSSR count). The maximum atomic E-state index is 12.4. The van der Waals surface area contributed by atoms with Crippen molar-refractivity contribution in [3.63, 3.8) is 0 Å². The van der Waals surface area contributed by atoms with Gasteiger partial charge in [0.2, 0.25) is 11.1 Å². The topological polar surface area (TPSA) is 99.0 Å². The number of thioether (sulfide) groups is 1. The zero-order chi connectivity index (χ0) is 22.5. The number of anilines is 1. The van der Waals surface area contributed by atoms with Gasteiger partial charge in [-0.1, -0.05) is 36.0 Å². The monoisotopic (exact) mass is 447 g/mol. The van der Waals surface area contributed by atoms with E-state index in [4.69, 9.17) is 4.74 Å². The number of carbonyl (C=O) groups excluding carboxylic acids is 2. The molecule has 0 fully saturated rings. The molecule has 32 heavy (non-hydrogen) atoms. The lowest BCUT2D eigenvalue weighted by atomic mass is 10.2. The summed E-state index contributed by atoms with van der Waals surface area (Å²) in [5.41, 5.74) is 3.46. The summed E-state index contributed by atoms with van der Waals surface area (Å²) in [5, 5.41) is 12.7. The van der Waals surface area contributed by atoms with E-state index in [-0.39, 0.29) is 11.7 Å². The van der Waals surface area contributed by atoms with Gasteiger partial charge in [-0.2, -0.15) is 0 Å². The Morgan fingerprint density at radius 1 is 1.16 bits per heavy atom. The van der Waals surface area contributed by atoms with Gasteiger partial charge in [0, 0.05) is 17.6 Å². The van der Waals surface area contributed by atoms with Crippen molar-refractivity contribution in [2.75, 3.05) is 17.7 Å². The predicted molar refractivity (Wildman–Crippen MR) is 125 cm³/mol. The fourth-order valence-corrected chi connectivity index (χ4v) is 3.88. The standard InChI is InChI=1S/C23H21N5O3S/c1-3-13-28-18-8-6-5-7-17(18)20-21(28)25-23(27-26-20)32-14-19(29)24-16-11-9-15(10-12-16)22(30)31-4-2/h3,5-12H,1,4,13-14H2,2H3,(H,24,29). The lowest BCUT2D eigenvalue weighted by Crippen LogP contribution is -2.14. The summed E-state index contributed by atoms with van der Waals surface area (Å²) in [6.45, 7) is 6.48. The average Bonchev–Trinajstić information content (AvgIpc) is 3.12. The summed E-state index contributed by atoms with van der Waals surface area (Å²) in [5.74, 6) is -0.488. The number of rotatable bonds is 8. The smallest absolute Gasteiger partial charge is 0.338 e. The van der Waals surface area contributed by atoms with E-state index in [0.717, 1.165) is 16.4 Å². The second-order valence-corrected chi connectivity index (χ2v) is 7.76. The summed E-state index contributed by atoms with van der Waals surface area (Å²) in [4.78, 5) is 28.7. The minimum Gasteiger partial charge on any atom is -0.462 e. The van der Waals surface area contributed by atoms with Crippen molar-refractivity contribution in [3.05, 3.63) is 66.7 Å². The highest BCUT2D eigenvalue weighted by molar-refractivity contribution is 7.99. The van der Waals surface area contributed by atoms with Crippen LogP contribution in [-0.2, 0) is 16.1 Å². The van der Waals surface area contributed by atoms with Crippen molar-refractivity contribution in [1.82, 2.24) is 19.7 Å². The molecule has 1 N–H and O–H groups in total. The minimum absolute atomic E-state index is 0.120. The Labute approximate surface area is 188 Å². The maximum Gasteiger partial charge on any atom is 0.338 e. The average molecular weight is 448 g/mol. The molecular formula is C23H21N5O3S. The summed E-state index contributed by atoms with van der Waals surface area (Å²) in [6.07, 6.45) is 1.81. The molecule has 9 heteroatoms. The summed E-state index contributed by atoms with van der Waals surface area (Å²) >= 11 is 1.20. The number of para-hydroxylation sites is 1. The molecule has 0 spiro atoms. The van der Waals surface area contributed by atoms with Crippen LogP contribution in [0.3, 0.4) is 0 Å². The van der Waals surface area contributed by atoms with Gasteiger partial charge in [-0.3, -0.25) is 4.79 Å². The van der Waals surface area contributed by atoms with Crippen LogP contribution < -0.4 is 5.32 Å². The van der Waals surface area contributed by atoms with Gasteiger partial charge < -0.3 is 14.6 Å². The van der Waals surface area contributed by atoms with Gasteiger partial charge in [-0.15, -0.1) is 16.8 Å². The first-order valence-corrected chi connectivity index (χ1v) is 11.0. The lowest BCUT2D eigenvalue weighted by molar-refractivity contribution is -0.113. The fraction of sp³-hybridized carbons (Fsp3) is 0.174. The molecular weight excluding hydrogens is 426 g/mol. The van der Waals surface area contributed by atoms with Crippen molar-refractivity contribution >= 4 is 51.4 Å². The van der Waals surface area contributed by atoms with Crippen LogP contribution in [0.15, 0.2) is 66.3 Å². The third-order valence-corrected chi connectivity index (χ3v) is 5.52. The number of nitrogens with zero attached hydrogens (tertiary/aromatic N) is 4. The number of amides is 1. The fourth-order valence-electron chi connectivity index (χ4n) is 3.30. The van der Waals surface area contributed by atoms with Gasteiger partial charge in [0.15, 0.2) is 5.65 Å². The van der Waals surface area contributed by atoms with Crippen molar-refractivity contribution in [2.45, 2.75) is 18.6 Å². The number of benzene rings is 2. The molecule has 0 saturated heterocycles. The van der Waals surface area contributed by atoms with Gasteiger partial charge in [0.25, 0.3) is 0 Å². The molecule has 0 aliphatic carbocycles. The molecule has 4 aromatic rings. The van der Waals surface area contributed by atoms with E-state index in [9.17, 15) is 9.59 Å². The number of fused-ring (bicyclic) bond motifs is 3. The van der Waals surface area contributed by atoms with Gasteiger partial charge >= 0.3 is 5.97 Å². The Kier molecular flexibility index (Phi) is 6.46. The zero-order valence-electron chi connectivity index (χ0n) is 17.4. The van der Waals surface area contributed by atoms with E-state index < -0.39 is 5.97 Å². The Balaban J connectivity index is 1.45. The van der Waals surface area contributed by atoms with Gasteiger partial charge in [-0.25, -0.2) is 9.78 Å². The summed E-state index contributed by atoms with van der Waals surface area (Å²) in [6, 6.07) is 14.5. The van der Waals surface area contributed by atoms with Crippen molar-refractivity contribution in [1.29, 1.82) is 0 Å². The molecule has 0 atom stereocenters. The summed E-state index contributed by atoms with van der Waals surface area (Å²) in [7, 11) is 0. The quantitative estimate of drug-likeness (QED) is 0.247.